The zero-order valence-corrected chi connectivity index (χ0v) is 17.7. The summed E-state index contributed by atoms with van der Waals surface area (Å²) >= 11 is 0. The maximum Gasteiger partial charge on any atom is 0.346 e. The summed E-state index contributed by atoms with van der Waals surface area (Å²) in [7, 11) is -1.83. The number of hydrogen-bond acceptors (Lipinski definition) is 5. The average molecular weight is 371 g/mol. The highest BCUT2D eigenvalue weighted by atomic mass is 28.4. The molecule has 2 atom stereocenters. The molecule has 0 radical (unpaired) electrons. The summed E-state index contributed by atoms with van der Waals surface area (Å²) in [6.07, 6.45) is 3.16. The molecular weight excluding hydrogens is 336 g/mol. The lowest BCUT2D eigenvalue weighted by Gasteiger charge is -2.43. The fourth-order valence-corrected chi connectivity index (χ4v) is 5.38. The van der Waals surface area contributed by atoms with Crippen molar-refractivity contribution in [2.45, 2.75) is 90.1 Å². The van der Waals surface area contributed by atoms with Crippen LogP contribution in [0.25, 0.3) is 0 Å². The van der Waals surface area contributed by atoms with Crippen LogP contribution in [0.15, 0.2) is 0 Å². The van der Waals surface area contributed by atoms with Gasteiger partial charge in [-0.25, -0.2) is 4.79 Å². The fraction of sp³-hybridized carbons (Fsp3) is 0.895. The third kappa shape index (κ3) is 3.71. The monoisotopic (exact) mass is 370 g/mol. The summed E-state index contributed by atoms with van der Waals surface area (Å²) < 4.78 is 11.3. The van der Waals surface area contributed by atoms with Gasteiger partial charge in [0.15, 0.2) is 13.9 Å². The van der Waals surface area contributed by atoms with Gasteiger partial charge in [0.2, 0.25) is 0 Å². The second-order valence-electron chi connectivity index (χ2n) is 9.61. The number of ether oxygens (including phenoxy) is 1. The number of rotatable bonds is 4. The number of cyclic esters (lactones) is 2. The molecule has 0 aromatic heterocycles. The lowest BCUT2D eigenvalue weighted by Crippen LogP contribution is -2.52. The highest BCUT2D eigenvalue weighted by molar-refractivity contribution is 6.74. The van der Waals surface area contributed by atoms with Crippen molar-refractivity contribution in [3.8, 4) is 0 Å². The van der Waals surface area contributed by atoms with Crippen LogP contribution in [-0.2, 0) is 18.8 Å². The summed E-state index contributed by atoms with van der Waals surface area (Å²) in [6.45, 7) is 14.9. The second-order valence-corrected chi connectivity index (χ2v) is 14.4. The van der Waals surface area contributed by atoms with E-state index in [0.717, 1.165) is 12.8 Å². The first-order valence-corrected chi connectivity index (χ1v) is 12.4. The molecule has 0 bridgehead atoms. The predicted molar refractivity (Wildman–Crippen MR) is 98.4 cm³/mol. The number of carbonyl (C=O) groups excluding carboxylic acids is 2. The molecule has 2 aliphatic rings. The minimum Gasteiger partial charge on any atom is -0.414 e. The van der Waals surface area contributed by atoms with E-state index in [1.54, 1.807) is 0 Å². The van der Waals surface area contributed by atoms with Crippen molar-refractivity contribution >= 4 is 20.3 Å². The van der Waals surface area contributed by atoms with E-state index in [4.69, 9.17) is 9.16 Å². The van der Waals surface area contributed by atoms with Crippen LogP contribution in [0.3, 0.4) is 0 Å². The molecule has 144 valence electrons. The molecule has 1 N–H and O–H groups in total. The molecule has 6 heteroatoms. The van der Waals surface area contributed by atoms with E-state index in [1.807, 2.05) is 13.8 Å². The normalized spacial score (nSPS) is 34.5. The van der Waals surface area contributed by atoms with Gasteiger partial charge >= 0.3 is 11.9 Å². The third-order valence-electron chi connectivity index (χ3n) is 6.48. The van der Waals surface area contributed by atoms with Gasteiger partial charge in [0.1, 0.15) is 0 Å². The summed E-state index contributed by atoms with van der Waals surface area (Å²) in [6, 6.07) is 0. The first-order valence-electron chi connectivity index (χ1n) is 9.47. The smallest absolute Gasteiger partial charge is 0.346 e. The van der Waals surface area contributed by atoms with Crippen LogP contribution in [0, 0.1) is 17.8 Å². The van der Waals surface area contributed by atoms with Crippen molar-refractivity contribution in [3.05, 3.63) is 0 Å². The molecule has 0 aromatic rings. The Bertz CT molecular complexity index is 528. The summed E-state index contributed by atoms with van der Waals surface area (Å²) in [5, 5.41) is 11.3. The van der Waals surface area contributed by atoms with Crippen molar-refractivity contribution in [2.75, 3.05) is 0 Å². The van der Waals surface area contributed by atoms with Crippen molar-refractivity contribution in [2.24, 2.45) is 17.8 Å². The van der Waals surface area contributed by atoms with Gasteiger partial charge in [-0.05, 0) is 55.7 Å². The molecule has 0 spiro atoms. The Balaban J connectivity index is 2.07. The average Bonchev–Trinajstić information content (AvgIpc) is 2.68. The Hall–Kier alpha value is -0.723. The highest BCUT2D eigenvalue weighted by Crippen LogP contribution is 2.46. The molecule has 2 rings (SSSR count). The van der Waals surface area contributed by atoms with Crippen molar-refractivity contribution in [3.63, 3.8) is 0 Å². The Morgan fingerprint density at radius 2 is 1.68 bits per heavy atom. The molecule has 1 heterocycles. The first-order chi connectivity index (χ1) is 11.3. The maximum atomic E-state index is 12.2. The van der Waals surface area contributed by atoms with Crippen molar-refractivity contribution in [1.29, 1.82) is 0 Å². The summed E-state index contributed by atoms with van der Waals surface area (Å²) in [4.78, 5) is 24.3. The van der Waals surface area contributed by atoms with Crippen molar-refractivity contribution in [1.82, 2.24) is 0 Å². The summed E-state index contributed by atoms with van der Waals surface area (Å²) in [5.41, 5.74) is -1.67. The molecule has 2 unspecified atom stereocenters. The van der Waals surface area contributed by atoms with E-state index in [9.17, 15) is 14.7 Å². The zero-order chi connectivity index (χ0) is 19.2. The molecule has 5 nitrogen and oxygen atoms in total. The van der Waals surface area contributed by atoms with E-state index in [2.05, 4.69) is 33.9 Å². The van der Waals surface area contributed by atoms with Gasteiger partial charge in [0.25, 0.3) is 0 Å². The van der Waals surface area contributed by atoms with Crippen LogP contribution in [0.5, 0.6) is 0 Å². The molecule has 1 saturated carbocycles. The van der Waals surface area contributed by atoms with E-state index in [0.29, 0.717) is 12.8 Å². The predicted octanol–water partition coefficient (Wildman–Crippen LogP) is 3.65. The van der Waals surface area contributed by atoms with E-state index in [-0.39, 0.29) is 23.0 Å². The minimum atomic E-state index is -1.83. The lowest BCUT2D eigenvalue weighted by atomic mass is 9.68. The quantitative estimate of drug-likeness (QED) is 0.464. The second kappa shape index (κ2) is 6.78. The van der Waals surface area contributed by atoms with E-state index >= 15 is 0 Å². The molecule has 0 amide bonds. The molecule has 1 aliphatic carbocycles. The Morgan fingerprint density at radius 3 is 2.12 bits per heavy atom. The van der Waals surface area contributed by atoms with Gasteiger partial charge in [-0.3, -0.25) is 4.79 Å². The topological polar surface area (TPSA) is 72.8 Å². The lowest BCUT2D eigenvalue weighted by molar-refractivity contribution is -0.164. The van der Waals surface area contributed by atoms with Gasteiger partial charge in [0.05, 0.1) is 5.92 Å². The van der Waals surface area contributed by atoms with Crippen LogP contribution in [0.4, 0.5) is 0 Å². The van der Waals surface area contributed by atoms with E-state index in [1.165, 1.54) is 0 Å². The molecule has 2 fully saturated rings. The molecule has 0 aromatic carbocycles. The Kier molecular flexibility index (Phi) is 5.58. The third-order valence-corrected chi connectivity index (χ3v) is 11.0. The number of hydrogen-bond donors (Lipinski definition) is 1. The zero-order valence-electron chi connectivity index (χ0n) is 16.7. The highest BCUT2D eigenvalue weighted by Gasteiger charge is 2.62. The van der Waals surface area contributed by atoms with Crippen LogP contribution in [-0.4, -0.2) is 37.1 Å². The molecule has 25 heavy (non-hydrogen) atoms. The van der Waals surface area contributed by atoms with Gasteiger partial charge in [-0.15, -0.1) is 0 Å². The Labute approximate surface area is 152 Å². The molecular formula is C19H34O5Si. The van der Waals surface area contributed by atoms with Gasteiger partial charge in [-0.1, -0.05) is 34.6 Å². The van der Waals surface area contributed by atoms with Gasteiger partial charge in [-0.2, -0.15) is 0 Å². The van der Waals surface area contributed by atoms with Gasteiger partial charge in [0, 0.05) is 6.10 Å². The van der Waals surface area contributed by atoms with Crippen LogP contribution >= 0.6 is 0 Å². The minimum absolute atomic E-state index is 0.134. The van der Waals surface area contributed by atoms with E-state index < -0.39 is 31.8 Å². The van der Waals surface area contributed by atoms with Crippen LogP contribution in [0.1, 0.15) is 60.3 Å². The first kappa shape index (κ1) is 20.6. The standard InChI is InChI=1S/C19H34O5Si/c1-12(2)15-16(20)23-17(21)19(15,22)13-8-10-14(11-9-13)24-25(6,7)18(3,4)5/h12-15,22H,8-11H2,1-7H3. The number of aliphatic hydroxyl groups is 1. The van der Waals surface area contributed by atoms with Crippen molar-refractivity contribution < 1.29 is 23.9 Å². The SMILES string of the molecule is CC(C)C1C(=O)OC(=O)C1(O)C1CCC(O[Si](C)(C)C(C)(C)C)CC1. The van der Waals surface area contributed by atoms with Crippen LogP contribution in [0.2, 0.25) is 18.1 Å². The molecule has 1 aliphatic heterocycles. The molecule has 1 saturated heterocycles. The maximum absolute atomic E-state index is 12.2. The van der Waals surface area contributed by atoms with Gasteiger partial charge < -0.3 is 14.3 Å². The fourth-order valence-electron chi connectivity index (χ4n) is 3.96. The summed E-state index contributed by atoms with van der Waals surface area (Å²) in [5.74, 6) is -2.47. The van der Waals surface area contributed by atoms with Crippen LogP contribution < -0.4 is 0 Å². The number of carbonyl (C=O) groups is 2. The largest absolute Gasteiger partial charge is 0.414 e. The number of esters is 2. The Morgan fingerprint density at radius 1 is 1.16 bits per heavy atom.